The van der Waals surface area contributed by atoms with E-state index in [4.69, 9.17) is 0 Å². The maximum absolute atomic E-state index is 13.4. The molecule has 0 saturated heterocycles. The van der Waals surface area contributed by atoms with E-state index in [1.54, 1.807) is 4.57 Å². The van der Waals surface area contributed by atoms with Gasteiger partial charge in [0.25, 0.3) is 11.5 Å². The standard InChI is InChI=1S/C24H31N3O3/c1-16-7-9-17(10-8-16)27-20-14-24(2,3)15-21(28)18(20)13-19(23(27)30)22(29)25-11-6-12-26(4)5/h7-10,13H,6,11-12,14-15H2,1-5H3,(H,25,29)/p+1. The maximum Gasteiger partial charge on any atom is 0.268 e. The van der Waals surface area contributed by atoms with Crippen LogP contribution in [-0.2, 0) is 6.42 Å². The summed E-state index contributed by atoms with van der Waals surface area (Å²) in [5.74, 6) is -0.442. The minimum atomic E-state index is -0.421. The van der Waals surface area contributed by atoms with Gasteiger partial charge in [-0.1, -0.05) is 31.5 Å². The number of amides is 1. The van der Waals surface area contributed by atoms with E-state index in [9.17, 15) is 14.4 Å². The summed E-state index contributed by atoms with van der Waals surface area (Å²) in [6.45, 7) is 7.46. The van der Waals surface area contributed by atoms with E-state index >= 15 is 0 Å². The highest BCUT2D eigenvalue weighted by Gasteiger charge is 2.35. The summed E-state index contributed by atoms with van der Waals surface area (Å²) in [6.07, 6.45) is 1.82. The Morgan fingerprint density at radius 1 is 1.13 bits per heavy atom. The second kappa shape index (κ2) is 8.56. The number of quaternary nitrogens is 1. The second-order valence-electron chi connectivity index (χ2n) is 9.40. The smallest absolute Gasteiger partial charge is 0.268 e. The van der Waals surface area contributed by atoms with Gasteiger partial charge in [0.1, 0.15) is 5.56 Å². The van der Waals surface area contributed by atoms with Gasteiger partial charge in [-0.3, -0.25) is 19.0 Å². The number of ketones is 1. The van der Waals surface area contributed by atoms with Crippen LogP contribution in [0.4, 0.5) is 0 Å². The van der Waals surface area contributed by atoms with Crippen LogP contribution in [-0.4, -0.2) is 43.4 Å². The summed E-state index contributed by atoms with van der Waals surface area (Å²) in [5, 5.41) is 2.84. The summed E-state index contributed by atoms with van der Waals surface area (Å²) < 4.78 is 1.56. The molecular formula is C24H32N3O3+. The number of Topliss-reactive ketones (excluding diaryl/α,β-unsaturated/α-hetero) is 1. The van der Waals surface area contributed by atoms with Gasteiger partial charge in [-0.2, -0.15) is 0 Å². The number of nitrogens with zero attached hydrogens (tertiary/aromatic N) is 1. The molecule has 6 heteroatoms. The number of benzene rings is 1. The molecule has 2 aromatic rings. The van der Waals surface area contributed by atoms with Crippen molar-refractivity contribution in [3.8, 4) is 5.69 Å². The van der Waals surface area contributed by atoms with Crippen LogP contribution in [0.2, 0.25) is 0 Å². The molecule has 1 aliphatic carbocycles. The number of carbonyl (C=O) groups excluding carboxylic acids is 2. The summed E-state index contributed by atoms with van der Waals surface area (Å²) >= 11 is 0. The molecule has 30 heavy (non-hydrogen) atoms. The van der Waals surface area contributed by atoms with E-state index in [-0.39, 0.29) is 22.3 Å². The lowest BCUT2D eigenvalue weighted by Gasteiger charge is -2.32. The van der Waals surface area contributed by atoms with Crippen molar-refractivity contribution in [1.29, 1.82) is 0 Å². The molecular weight excluding hydrogens is 378 g/mol. The zero-order valence-corrected chi connectivity index (χ0v) is 18.6. The maximum atomic E-state index is 13.4. The topological polar surface area (TPSA) is 72.6 Å². The Bertz CT molecular complexity index is 1020. The number of carbonyl (C=O) groups is 2. The lowest BCUT2D eigenvalue weighted by atomic mass is 9.75. The average Bonchev–Trinajstić information content (AvgIpc) is 2.65. The van der Waals surface area contributed by atoms with E-state index < -0.39 is 5.91 Å². The van der Waals surface area contributed by atoms with E-state index in [2.05, 4.69) is 19.4 Å². The Balaban J connectivity index is 2.08. The number of hydrogen-bond donors (Lipinski definition) is 2. The summed E-state index contributed by atoms with van der Waals surface area (Å²) in [6, 6.07) is 9.10. The van der Waals surface area contributed by atoms with E-state index in [0.29, 0.717) is 36.3 Å². The summed E-state index contributed by atoms with van der Waals surface area (Å²) in [5.41, 5.74) is 2.35. The molecule has 0 unspecified atom stereocenters. The zero-order chi connectivity index (χ0) is 22.1. The highest BCUT2D eigenvalue weighted by Crippen LogP contribution is 2.35. The van der Waals surface area contributed by atoms with Gasteiger partial charge in [-0.05, 0) is 37.0 Å². The predicted molar refractivity (Wildman–Crippen MR) is 118 cm³/mol. The molecule has 0 fully saturated rings. The molecule has 0 radical (unpaired) electrons. The van der Waals surface area contributed by atoms with Gasteiger partial charge < -0.3 is 10.2 Å². The molecule has 0 bridgehead atoms. The number of aromatic nitrogens is 1. The molecule has 160 valence electrons. The Hall–Kier alpha value is -2.73. The highest BCUT2D eigenvalue weighted by atomic mass is 16.2. The Kier molecular flexibility index (Phi) is 6.27. The van der Waals surface area contributed by atoms with Gasteiger partial charge in [0, 0.05) is 36.3 Å². The Morgan fingerprint density at radius 3 is 2.43 bits per heavy atom. The van der Waals surface area contributed by atoms with Crippen LogP contribution in [0.15, 0.2) is 35.1 Å². The second-order valence-corrected chi connectivity index (χ2v) is 9.40. The number of fused-ring (bicyclic) bond motifs is 1. The van der Waals surface area contributed by atoms with Crippen molar-refractivity contribution in [3.63, 3.8) is 0 Å². The largest absolute Gasteiger partial charge is 0.352 e. The molecule has 1 aromatic heterocycles. The molecule has 0 atom stereocenters. The number of aryl methyl sites for hydroxylation is 1. The first kappa shape index (κ1) is 22.0. The molecule has 1 aromatic carbocycles. The van der Waals surface area contributed by atoms with Crippen LogP contribution >= 0.6 is 0 Å². The number of pyridine rings is 1. The van der Waals surface area contributed by atoms with Gasteiger partial charge in [0.2, 0.25) is 0 Å². The minimum absolute atomic E-state index is 0.0210. The van der Waals surface area contributed by atoms with Gasteiger partial charge in [-0.25, -0.2) is 0 Å². The fourth-order valence-corrected chi connectivity index (χ4v) is 3.98. The quantitative estimate of drug-likeness (QED) is 0.710. The third kappa shape index (κ3) is 4.70. The third-order valence-corrected chi connectivity index (χ3v) is 5.56. The van der Waals surface area contributed by atoms with Crippen LogP contribution in [0.5, 0.6) is 0 Å². The van der Waals surface area contributed by atoms with Crippen LogP contribution in [0.1, 0.15) is 58.7 Å². The molecule has 2 N–H and O–H groups in total. The highest BCUT2D eigenvalue weighted by molar-refractivity contribution is 6.02. The van der Waals surface area contributed by atoms with Gasteiger partial charge >= 0.3 is 0 Å². The van der Waals surface area contributed by atoms with Gasteiger partial charge in [0.05, 0.1) is 20.6 Å². The Labute approximate surface area is 177 Å². The first-order valence-corrected chi connectivity index (χ1v) is 10.6. The van der Waals surface area contributed by atoms with E-state index in [1.807, 2.05) is 45.0 Å². The van der Waals surface area contributed by atoms with Crippen molar-refractivity contribution in [2.75, 3.05) is 27.2 Å². The van der Waals surface area contributed by atoms with E-state index in [0.717, 1.165) is 18.5 Å². The number of nitrogens with one attached hydrogen (secondary N) is 2. The molecule has 0 spiro atoms. The Morgan fingerprint density at radius 2 is 1.80 bits per heavy atom. The van der Waals surface area contributed by atoms with Crippen molar-refractivity contribution >= 4 is 11.7 Å². The van der Waals surface area contributed by atoms with Crippen molar-refractivity contribution < 1.29 is 14.5 Å². The molecule has 1 aliphatic rings. The molecule has 0 aliphatic heterocycles. The average molecular weight is 411 g/mol. The van der Waals surface area contributed by atoms with Gasteiger partial charge in [-0.15, -0.1) is 0 Å². The number of hydrogen-bond acceptors (Lipinski definition) is 3. The predicted octanol–water partition coefficient (Wildman–Crippen LogP) is 1.57. The molecule has 0 saturated carbocycles. The first-order chi connectivity index (χ1) is 14.1. The van der Waals surface area contributed by atoms with Gasteiger partial charge in [0.15, 0.2) is 5.78 Å². The van der Waals surface area contributed by atoms with Crippen LogP contribution in [0.25, 0.3) is 5.69 Å². The monoisotopic (exact) mass is 410 g/mol. The first-order valence-electron chi connectivity index (χ1n) is 10.6. The lowest BCUT2D eigenvalue weighted by molar-refractivity contribution is -0.858. The molecule has 1 amide bonds. The SMILES string of the molecule is Cc1ccc(-n2c3c(cc(C(=O)NCCC[NH+](C)C)c2=O)C(=O)CC(C)(C)C3)cc1. The molecule has 6 nitrogen and oxygen atoms in total. The van der Waals surface area contributed by atoms with Crippen molar-refractivity contribution in [3.05, 3.63) is 63.1 Å². The van der Waals surface area contributed by atoms with Crippen molar-refractivity contribution in [2.45, 2.75) is 40.0 Å². The van der Waals surface area contributed by atoms with Crippen molar-refractivity contribution in [2.24, 2.45) is 5.41 Å². The third-order valence-electron chi connectivity index (χ3n) is 5.56. The van der Waals surface area contributed by atoms with Crippen LogP contribution in [0, 0.1) is 12.3 Å². The minimum Gasteiger partial charge on any atom is -0.352 e. The normalized spacial score (nSPS) is 15.2. The number of rotatable bonds is 6. The summed E-state index contributed by atoms with van der Waals surface area (Å²) in [4.78, 5) is 40.4. The van der Waals surface area contributed by atoms with Crippen LogP contribution in [0.3, 0.4) is 0 Å². The van der Waals surface area contributed by atoms with Crippen LogP contribution < -0.4 is 15.8 Å². The van der Waals surface area contributed by atoms with Crippen molar-refractivity contribution in [1.82, 2.24) is 9.88 Å². The molecule has 3 rings (SSSR count). The zero-order valence-electron chi connectivity index (χ0n) is 18.6. The fraction of sp³-hybridized carbons (Fsp3) is 0.458. The fourth-order valence-electron chi connectivity index (χ4n) is 3.98. The lowest BCUT2D eigenvalue weighted by Crippen LogP contribution is -3.05. The summed E-state index contributed by atoms with van der Waals surface area (Å²) in [7, 11) is 4.11. The molecule has 1 heterocycles. The van der Waals surface area contributed by atoms with E-state index in [1.165, 1.54) is 11.0 Å².